The van der Waals surface area contributed by atoms with Crippen molar-refractivity contribution in [1.29, 1.82) is 0 Å². The van der Waals surface area contributed by atoms with Gasteiger partial charge in [0.1, 0.15) is 0 Å². The molecular weight excluding hydrogens is 245 g/mol. The first-order valence-corrected chi connectivity index (χ1v) is 6.63. The lowest BCUT2D eigenvalue weighted by Crippen LogP contribution is -2.31. The minimum absolute atomic E-state index is 0.0502. The molecule has 3 rings (SSSR count). The highest BCUT2D eigenvalue weighted by Gasteiger charge is 2.28. The summed E-state index contributed by atoms with van der Waals surface area (Å²) >= 11 is 0. The Morgan fingerprint density at radius 3 is 2.95 bits per heavy atom. The monoisotopic (exact) mass is 261 g/mol. The summed E-state index contributed by atoms with van der Waals surface area (Å²) in [6.45, 7) is 0. The third-order valence-electron chi connectivity index (χ3n) is 3.82. The van der Waals surface area contributed by atoms with Crippen molar-refractivity contribution in [2.24, 2.45) is 11.7 Å². The predicted octanol–water partition coefficient (Wildman–Crippen LogP) is 3.27. The Labute approximate surface area is 110 Å². The van der Waals surface area contributed by atoms with E-state index in [1.54, 1.807) is 18.2 Å². The lowest BCUT2D eigenvalue weighted by molar-refractivity contribution is 0.0854. The minimum Gasteiger partial charge on any atom is -0.450 e. The van der Waals surface area contributed by atoms with E-state index < -0.39 is 5.82 Å². The van der Waals surface area contributed by atoms with Crippen LogP contribution in [0.4, 0.5) is 4.39 Å². The van der Waals surface area contributed by atoms with Gasteiger partial charge in [0.15, 0.2) is 17.2 Å². The maximum atomic E-state index is 13.5. The number of furan rings is 1. The van der Waals surface area contributed by atoms with Crippen LogP contribution in [-0.4, -0.2) is 11.8 Å². The van der Waals surface area contributed by atoms with Crippen molar-refractivity contribution in [3.8, 4) is 0 Å². The second kappa shape index (κ2) is 4.78. The van der Waals surface area contributed by atoms with Gasteiger partial charge in [0, 0.05) is 17.3 Å². The normalized spacial score (nSPS) is 23.7. The van der Waals surface area contributed by atoms with Crippen molar-refractivity contribution in [3.05, 3.63) is 35.8 Å². The van der Waals surface area contributed by atoms with E-state index in [9.17, 15) is 9.18 Å². The highest BCUT2D eigenvalue weighted by Crippen LogP contribution is 2.29. The molecule has 1 heterocycles. The van der Waals surface area contributed by atoms with Gasteiger partial charge in [0.25, 0.3) is 0 Å². The van der Waals surface area contributed by atoms with Crippen molar-refractivity contribution < 1.29 is 13.6 Å². The molecule has 3 nitrogen and oxygen atoms in total. The number of para-hydroxylation sites is 1. The topological polar surface area (TPSA) is 56.2 Å². The molecule has 1 aromatic carbocycles. The molecule has 1 aliphatic rings. The van der Waals surface area contributed by atoms with Crippen LogP contribution >= 0.6 is 0 Å². The summed E-state index contributed by atoms with van der Waals surface area (Å²) in [7, 11) is 0. The molecule has 0 saturated heterocycles. The quantitative estimate of drug-likeness (QED) is 0.844. The van der Waals surface area contributed by atoms with E-state index in [1.165, 1.54) is 6.07 Å². The predicted molar refractivity (Wildman–Crippen MR) is 70.4 cm³/mol. The first-order valence-electron chi connectivity index (χ1n) is 6.63. The maximum Gasteiger partial charge on any atom is 0.201 e. The second-order valence-corrected chi connectivity index (χ2v) is 5.26. The number of Topliss-reactive ketones (excluding diaryl/α,β-unsaturated/α-hetero) is 1. The molecule has 0 radical (unpaired) electrons. The number of halogens is 1. The van der Waals surface area contributed by atoms with Gasteiger partial charge in [0.2, 0.25) is 5.78 Å². The minimum atomic E-state index is -0.433. The summed E-state index contributed by atoms with van der Waals surface area (Å²) < 4.78 is 18.9. The zero-order valence-corrected chi connectivity index (χ0v) is 10.6. The number of benzene rings is 1. The molecule has 2 aromatic rings. The molecule has 2 atom stereocenters. The van der Waals surface area contributed by atoms with Crippen molar-refractivity contribution >= 4 is 16.8 Å². The largest absolute Gasteiger partial charge is 0.450 e. The van der Waals surface area contributed by atoms with Crippen LogP contribution in [0.1, 0.15) is 36.2 Å². The number of ketones is 1. The van der Waals surface area contributed by atoms with Crippen molar-refractivity contribution in [2.45, 2.75) is 31.7 Å². The van der Waals surface area contributed by atoms with Crippen LogP contribution < -0.4 is 5.73 Å². The summed E-state index contributed by atoms with van der Waals surface area (Å²) in [6.07, 6.45) is 3.47. The fourth-order valence-electron chi connectivity index (χ4n) is 2.82. The summed E-state index contributed by atoms with van der Waals surface area (Å²) in [5, 5.41) is 0.628. The van der Waals surface area contributed by atoms with Crippen LogP contribution in [0.15, 0.2) is 28.7 Å². The molecule has 0 bridgehead atoms. The average Bonchev–Trinajstić information content (AvgIpc) is 2.83. The van der Waals surface area contributed by atoms with Gasteiger partial charge in [-0.2, -0.15) is 0 Å². The fraction of sp³-hybridized carbons (Fsp3) is 0.400. The number of carbonyl (C=O) groups is 1. The summed E-state index contributed by atoms with van der Waals surface area (Å²) in [5.41, 5.74) is 6.06. The number of fused-ring (bicyclic) bond motifs is 1. The summed E-state index contributed by atoms with van der Waals surface area (Å²) in [6, 6.07) is 6.39. The first kappa shape index (κ1) is 12.4. The van der Waals surface area contributed by atoms with Crippen LogP contribution in [-0.2, 0) is 0 Å². The van der Waals surface area contributed by atoms with E-state index in [0.717, 1.165) is 19.3 Å². The van der Waals surface area contributed by atoms with E-state index in [0.29, 0.717) is 11.8 Å². The van der Waals surface area contributed by atoms with Crippen LogP contribution in [0.5, 0.6) is 0 Å². The number of rotatable bonds is 2. The molecular formula is C15H16FNO2. The van der Waals surface area contributed by atoms with Gasteiger partial charge in [-0.1, -0.05) is 18.6 Å². The van der Waals surface area contributed by atoms with E-state index in [-0.39, 0.29) is 29.1 Å². The summed E-state index contributed by atoms with van der Waals surface area (Å²) in [5.74, 6) is -0.325. The Morgan fingerprint density at radius 1 is 1.37 bits per heavy atom. The van der Waals surface area contributed by atoms with E-state index >= 15 is 0 Å². The van der Waals surface area contributed by atoms with Gasteiger partial charge in [0.05, 0.1) is 0 Å². The Hall–Kier alpha value is -1.68. The zero-order chi connectivity index (χ0) is 13.4. The molecule has 0 spiro atoms. The van der Waals surface area contributed by atoms with Crippen molar-refractivity contribution in [1.82, 2.24) is 0 Å². The van der Waals surface area contributed by atoms with Gasteiger partial charge in [-0.15, -0.1) is 0 Å². The average molecular weight is 261 g/mol. The standard InChI is InChI=1S/C15H16FNO2/c16-12-6-2-4-10-8-13(19-15(10)12)14(18)9-3-1-5-11(17)7-9/h2,4,6,8-9,11H,1,3,5,7,17H2. The smallest absolute Gasteiger partial charge is 0.201 e. The molecule has 1 fully saturated rings. The highest BCUT2D eigenvalue weighted by molar-refractivity contribution is 5.99. The van der Waals surface area contributed by atoms with Crippen molar-refractivity contribution in [2.75, 3.05) is 0 Å². The van der Waals surface area contributed by atoms with E-state index in [1.807, 2.05) is 0 Å². The molecule has 0 amide bonds. The molecule has 100 valence electrons. The molecule has 19 heavy (non-hydrogen) atoms. The maximum absolute atomic E-state index is 13.5. The Kier molecular flexibility index (Phi) is 3.11. The van der Waals surface area contributed by atoms with Crippen molar-refractivity contribution in [3.63, 3.8) is 0 Å². The van der Waals surface area contributed by atoms with Crippen LogP contribution in [0.3, 0.4) is 0 Å². The van der Waals surface area contributed by atoms with Crippen LogP contribution in [0, 0.1) is 11.7 Å². The number of hydrogen-bond donors (Lipinski definition) is 1. The van der Waals surface area contributed by atoms with Gasteiger partial charge in [-0.25, -0.2) is 4.39 Å². The fourth-order valence-corrected chi connectivity index (χ4v) is 2.82. The Morgan fingerprint density at radius 2 is 2.21 bits per heavy atom. The third kappa shape index (κ3) is 2.28. The zero-order valence-electron chi connectivity index (χ0n) is 10.6. The van der Waals surface area contributed by atoms with Gasteiger partial charge in [-0.05, 0) is 31.4 Å². The number of carbonyl (C=O) groups excluding carboxylic acids is 1. The lowest BCUT2D eigenvalue weighted by Gasteiger charge is -2.24. The Balaban J connectivity index is 1.91. The van der Waals surface area contributed by atoms with E-state index in [2.05, 4.69) is 0 Å². The third-order valence-corrected chi connectivity index (χ3v) is 3.82. The van der Waals surface area contributed by atoms with Gasteiger partial charge in [-0.3, -0.25) is 4.79 Å². The molecule has 4 heteroatoms. The molecule has 1 aromatic heterocycles. The molecule has 1 saturated carbocycles. The Bertz CT molecular complexity index is 620. The van der Waals surface area contributed by atoms with Crippen LogP contribution in [0.2, 0.25) is 0 Å². The van der Waals surface area contributed by atoms with Crippen LogP contribution in [0.25, 0.3) is 11.0 Å². The molecule has 0 aliphatic heterocycles. The molecule has 1 aliphatic carbocycles. The second-order valence-electron chi connectivity index (χ2n) is 5.26. The summed E-state index contributed by atoms with van der Waals surface area (Å²) in [4.78, 5) is 12.4. The number of hydrogen-bond acceptors (Lipinski definition) is 3. The molecule has 2 unspecified atom stereocenters. The van der Waals surface area contributed by atoms with E-state index in [4.69, 9.17) is 10.2 Å². The SMILES string of the molecule is NC1CCCC(C(=O)c2cc3cccc(F)c3o2)C1. The first-order chi connectivity index (χ1) is 9.15. The number of nitrogens with two attached hydrogens (primary N) is 1. The lowest BCUT2D eigenvalue weighted by atomic mass is 9.83. The van der Waals surface area contributed by atoms with Gasteiger partial charge < -0.3 is 10.2 Å². The highest BCUT2D eigenvalue weighted by atomic mass is 19.1. The van der Waals surface area contributed by atoms with Gasteiger partial charge >= 0.3 is 0 Å². The molecule has 2 N–H and O–H groups in total.